The Bertz CT molecular complexity index is 1440. The number of anilines is 2. The van der Waals surface area contributed by atoms with Crippen LogP contribution < -0.4 is 19.3 Å². The molecular weight excluding hydrogens is 560 g/mol. The summed E-state index contributed by atoms with van der Waals surface area (Å²) in [6.45, 7) is 11.6. The lowest BCUT2D eigenvalue weighted by Gasteiger charge is -2.39. The van der Waals surface area contributed by atoms with Gasteiger partial charge in [0.2, 0.25) is 0 Å². The van der Waals surface area contributed by atoms with Crippen molar-refractivity contribution in [2.75, 3.05) is 62.7 Å². The van der Waals surface area contributed by atoms with Gasteiger partial charge in [0.25, 0.3) is 0 Å². The summed E-state index contributed by atoms with van der Waals surface area (Å²) >= 11 is 6.06. The van der Waals surface area contributed by atoms with Crippen molar-refractivity contribution in [3.8, 4) is 11.8 Å². The summed E-state index contributed by atoms with van der Waals surface area (Å²) in [7, 11) is 1.53. The molecule has 2 aliphatic rings. The molecule has 0 spiro atoms. The van der Waals surface area contributed by atoms with Crippen molar-refractivity contribution in [1.82, 2.24) is 19.8 Å². The van der Waals surface area contributed by atoms with Gasteiger partial charge in [0, 0.05) is 68.0 Å². The molecule has 12 heteroatoms. The summed E-state index contributed by atoms with van der Waals surface area (Å²) in [4.78, 5) is 42.6. The van der Waals surface area contributed by atoms with Gasteiger partial charge in [0.1, 0.15) is 17.2 Å². The number of hydrogen-bond acceptors (Lipinski definition) is 9. The van der Waals surface area contributed by atoms with Crippen LogP contribution in [-0.4, -0.2) is 96.5 Å². The number of piperazine rings is 2. The minimum Gasteiger partial charge on any atom is -0.467 e. The highest BCUT2D eigenvalue weighted by Crippen LogP contribution is 2.31. The van der Waals surface area contributed by atoms with Crippen LogP contribution in [0.4, 0.5) is 21.1 Å². The summed E-state index contributed by atoms with van der Waals surface area (Å²) in [5.74, 6) is 1.14. The van der Waals surface area contributed by atoms with E-state index in [0.717, 1.165) is 48.1 Å². The Morgan fingerprint density at radius 1 is 0.905 bits per heavy atom. The van der Waals surface area contributed by atoms with Crippen LogP contribution in [0.3, 0.4) is 0 Å². The number of ether oxygens (including phenoxy) is 3. The molecule has 2 saturated heterocycles. The zero-order valence-corrected chi connectivity index (χ0v) is 25.4. The maximum Gasteiger partial charge on any atom is 0.415 e. The molecule has 3 aromatic rings. The third kappa shape index (κ3) is 6.73. The minimum atomic E-state index is -0.579. The molecule has 2 fully saturated rings. The van der Waals surface area contributed by atoms with Crippen LogP contribution in [0.25, 0.3) is 10.9 Å². The van der Waals surface area contributed by atoms with Gasteiger partial charge in [-0.2, -0.15) is 9.97 Å². The predicted molar refractivity (Wildman–Crippen MR) is 162 cm³/mol. The Balaban J connectivity index is 1.26. The molecule has 224 valence electrons. The molecule has 0 saturated carbocycles. The zero-order valence-electron chi connectivity index (χ0n) is 24.7. The third-order valence-electron chi connectivity index (χ3n) is 7.30. The molecule has 1 atom stereocenters. The van der Waals surface area contributed by atoms with Crippen LogP contribution in [0.1, 0.15) is 27.7 Å². The summed E-state index contributed by atoms with van der Waals surface area (Å²) in [5, 5.41) is 1.56. The van der Waals surface area contributed by atoms with E-state index < -0.39 is 11.7 Å². The van der Waals surface area contributed by atoms with Gasteiger partial charge < -0.3 is 33.8 Å². The second-order valence-electron chi connectivity index (χ2n) is 11.5. The van der Waals surface area contributed by atoms with Crippen molar-refractivity contribution < 1.29 is 23.8 Å². The standard InChI is InChI=1S/C30H37ClN6O5/c1-20-19-36(28(38)42-30(2,3)4)16-17-37(20)29(39)41-23-10-11-24-25(18-23)32-27(40-5)33-26(24)35-14-12-34(13-15-35)22-8-6-21(31)7-9-22/h6-11,18,20H,12-17,19H2,1-5H3/t20-/m1/s1. The number of amides is 2. The van der Waals surface area contributed by atoms with Gasteiger partial charge in [-0.15, -0.1) is 0 Å². The fourth-order valence-electron chi connectivity index (χ4n) is 5.18. The van der Waals surface area contributed by atoms with Gasteiger partial charge in [0.05, 0.1) is 18.7 Å². The monoisotopic (exact) mass is 596 g/mol. The summed E-state index contributed by atoms with van der Waals surface area (Å²) in [6.07, 6.45) is -0.863. The van der Waals surface area contributed by atoms with E-state index in [2.05, 4.69) is 19.8 Å². The van der Waals surface area contributed by atoms with E-state index in [0.29, 0.717) is 30.9 Å². The number of methoxy groups -OCH3 is 1. The largest absolute Gasteiger partial charge is 0.467 e. The lowest BCUT2D eigenvalue weighted by Crippen LogP contribution is -2.56. The van der Waals surface area contributed by atoms with E-state index in [-0.39, 0.29) is 18.1 Å². The van der Waals surface area contributed by atoms with E-state index in [1.165, 1.54) is 7.11 Å². The first-order valence-electron chi connectivity index (χ1n) is 14.1. The number of aromatic nitrogens is 2. The van der Waals surface area contributed by atoms with Gasteiger partial charge in [-0.3, -0.25) is 0 Å². The van der Waals surface area contributed by atoms with Crippen molar-refractivity contribution >= 4 is 46.2 Å². The lowest BCUT2D eigenvalue weighted by molar-refractivity contribution is 0.00785. The molecule has 0 unspecified atom stereocenters. The highest BCUT2D eigenvalue weighted by molar-refractivity contribution is 6.30. The number of halogens is 1. The summed E-state index contributed by atoms with van der Waals surface area (Å²) in [6, 6.07) is 13.2. The number of carbonyl (C=O) groups excluding carboxylic acids is 2. The van der Waals surface area contributed by atoms with Gasteiger partial charge in [-0.1, -0.05) is 11.6 Å². The topological polar surface area (TPSA) is 101 Å². The van der Waals surface area contributed by atoms with Crippen LogP contribution in [-0.2, 0) is 4.74 Å². The van der Waals surface area contributed by atoms with E-state index >= 15 is 0 Å². The van der Waals surface area contributed by atoms with Gasteiger partial charge in [0.15, 0.2) is 0 Å². The predicted octanol–water partition coefficient (Wildman–Crippen LogP) is 5.06. The first-order chi connectivity index (χ1) is 20.0. The molecule has 0 bridgehead atoms. The first kappa shape index (κ1) is 29.5. The third-order valence-corrected chi connectivity index (χ3v) is 7.55. The number of carbonyl (C=O) groups is 2. The fourth-order valence-corrected chi connectivity index (χ4v) is 5.30. The van der Waals surface area contributed by atoms with Crippen molar-refractivity contribution in [2.45, 2.75) is 39.3 Å². The number of rotatable bonds is 4. The van der Waals surface area contributed by atoms with Gasteiger partial charge in [-0.05, 0) is 64.1 Å². The van der Waals surface area contributed by atoms with Crippen molar-refractivity contribution in [3.63, 3.8) is 0 Å². The Kier molecular flexibility index (Phi) is 8.49. The SMILES string of the molecule is COc1nc(N2CCN(c3ccc(Cl)cc3)CC2)c2ccc(OC(=O)N3CCN(C(=O)OC(C)(C)C)C[C@H]3C)cc2n1. The number of hydrogen-bond donors (Lipinski definition) is 0. The molecule has 2 aliphatic heterocycles. The summed E-state index contributed by atoms with van der Waals surface area (Å²) in [5.41, 5.74) is 1.17. The fraction of sp³-hybridized carbons (Fsp3) is 0.467. The molecule has 2 amide bonds. The average molecular weight is 597 g/mol. The van der Waals surface area contributed by atoms with Gasteiger partial charge in [-0.25, -0.2) is 9.59 Å². The van der Waals surface area contributed by atoms with Gasteiger partial charge >= 0.3 is 18.2 Å². The maximum absolute atomic E-state index is 13.1. The average Bonchev–Trinajstić information content (AvgIpc) is 2.96. The van der Waals surface area contributed by atoms with E-state index in [4.69, 9.17) is 25.8 Å². The second kappa shape index (κ2) is 12.1. The van der Waals surface area contributed by atoms with Crippen molar-refractivity contribution in [2.24, 2.45) is 0 Å². The van der Waals surface area contributed by atoms with Crippen molar-refractivity contribution in [1.29, 1.82) is 0 Å². The van der Waals surface area contributed by atoms with Crippen LogP contribution in [0, 0.1) is 0 Å². The molecule has 3 heterocycles. The van der Waals surface area contributed by atoms with Crippen LogP contribution in [0.2, 0.25) is 5.02 Å². The van der Waals surface area contributed by atoms with E-state index in [9.17, 15) is 9.59 Å². The minimum absolute atomic E-state index is 0.236. The Morgan fingerprint density at radius 3 is 2.24 bits per heavy atom. The highest BCUT2D eigenvalue weighted by atomic mass is 35.5. The molecule has 11 nitrogen and oxygen atoms in total. The van der Waals surface area contributed by atoms with Crippen LogP contribution in [0.15, 0.2) is 42.5 Å². The molecule has 0 aliphatic carbocycles. The first-order valence-corrected chi connectivity index (χ1v) is 14.5. The Hall–Kier alpha value is -3.99. The molecule has 2 aromatic carbocycles. The van der Waals surface area contributed by atoms with Crippen LogP contribution >= 0.6 is 11.6 Å². The van der Waals surface area contributed by atoms with E-state index in [1.54, 1.807) is 21.9 Å². The number of fused-ring (bicyclic) bond motifs is 1. The number of benzene rings is 2. The quantitative estimate of drug-likeness (QED) is 0.409. The van der Waals surface area contributed by atoms with Crippen molar-refractivity contribution in [3.05, 3.63) is 47.5 Å². The normalized spacial score (nSPS) is 17.8. The number of nitrogens with zero attached hydrogens (tertiary/aromatic N) is 6. The Labute approximate surface area is 250 Å². The maximum atomic E-state index is 13.1. The highest BCUT2D eigenvalue weighted by Gasteiger charge is 2.33. The molecular formula is C30H37ClN6O5. The molecule has 1 aromatic heterocycles. The zero-order chi connectivity index (χ0) is 30.0. The Morgan fingerprint density at radius 2 is 1.60 bits per heavy atom. The lowest BCUT2D eigenvalue weighted by atomic mass is 10.2. The molecule has 0 radical (unpaired) electrons. The molecule has 0 N–H and O–H groups in total. The summed E-state index contributed by atoms with van der Waals surface area (Å²) < 4.78 is 16.7. The smallest absolute Gasteiger partial charge is 0.415 e. The van der Waals surface area contributed by atoms with Crippen LogP contribution in [0.5, 0.6) is 11.8 Å². The molecule has 42 heavy (non-hydrogen) atoms. The van der Waals surface area contributed by atoms with E-state index in [1.807, 2.05) is 58.0 Å². The second-order valence-corrected chi connectivity index (χ2v) is 11.9. The molecule has 5 rings (SSSR count).